The molecule has 9 nitrogen and oxygen atoms in total. The smallest absolute Gasteiger partial charge is 0.408 e. The van der Waals surface area contributed by atoms with Crippen molar-refractivity contribution in [3.8, 4) is 11.8 Å². The van der Waals surface area contributed by atoms with Gasteiger partial charge in [0.1, 0.15) is 30.0 Å². The SMILES string of the molecule is CCCC(C)NC(=O)C(c1cccc(O)c1)N(CC#N)C(=O)C(CCSC)NC(=O)OC(C)(C)C. The van der Waals surface area contributed by atoms with Crippen LogP contribution in [-0.4, -0.2) is 64.2 Å². The molecule has 0 heterocycles. The van der Waals surface area contributed by atoms with Gasteiger partial charge in [0, 0.05) is 6.04 Å². The van der Waals surface area contributed by atoms with Crippen LogP contribution >= 0.6 is 11.8 Å². The largest absolute Gasteiger partial charge is 0.508 e. The van der Waals surface area contributed by atoms with Crippen molar-refractivity contribution in [3.63, 3.8) is 0 Å². The van der Waals surface area contributed by atoms with E-state index in [9.17, 15) is 24.8 Å². The molecule has 0 spiro atoms. The van der Waals surface area contributed by atoms with E-state index in [1.165, 1.54) is 23.9 Å². The number of carbonyl (C=O) groups excluding carboxylic acids is 3. The van der Waals surface area contributed by atoms with Crippen molar-refractivity contribution in [2.24, 2.45) is 0 Å². The van der Waals surface area contributed by atoms with Crippen LogP contribution in [0, 0.1) is 11.3 Å². The minimum atomic E-state index is -1.18. The van der Waals surface area contributed by atoms with Crippen LogP contribution in [0.25, 0.3) is 0 Å². The normalized spacial score (nSPS) is 13.6. The molecule has 3 unspecified atom stereocenters. The zero-order valence-electron chi connectivity index (χ0n) is 21.5. The summed E-state index contributed by atoms with van der Waals surface area (Å²) in [5.41, 5.74) is -0.404. The highest BCUT2D eigenvalue weighted by Gasteiger charge is 2.36. The molecule has 0 bridgehead atoms. The highest BCUT2D eigenvalue weighted by Crippen LogP contribution is 2.26. The first-order valence-corrected chi connectivity index (χ1v) is 13.1. The predicted octanol–water partition coefficient (Wildman–Crippen LogP) is 3.74. The first kappa shape index (κ1) is 30.1. The third-order valence-electron chi connectivity index (χ3n) is 4.98. The molecule has 1 aromatic rings. The average Bonchev–Trinajstić information content (AvgIpc) is 2.74. The Bertz CT molecular complexity index is 897. The molecule has 35 heavy (non-hydrogen) atoms. The summed E-state index contributed by atoms with van der Waals surface area (Å²) >= 11 is 1.50. The topological polar surface area (TPSA) is 132 Å². The maximum absolute atomic E-state index is 13.7. The number of amides is 3. The molecule has 3 N–H and O–H groups in total. The van der Waals surface area contributed by atoms with Crippen molar-refractivity contribution in [2.45, 2.75) is 77.6 Å². The maximum Gasteiger partial charge on any atom is 0.408 e. The van der Waals surface area contributed by atoms with Gasteiger partial charge in [0.15, 0.2) is 0 Å². The van der Waals surface area contributed by atoms with Crippen molar-refractivity contribution in [1.29, 1.82) is 5.26 Å². The van der Waals surface area contributed by atoms with E-state index in [1.54, 1.807) is 32.9 Å². The summed E-state index contributed by atoms with van der Waals surface area (Å²) in [6.45, 7) is 8.62. The maximum atomic E-state index is 13.7. The Balaban J connectivity index is 3.40. The molecule has 194 valence electrons. The van der Waals surface area contributed by atoms with E-state index in [1.807, 2.05) is 26.2 Å². The average molecular weight is 507 g/mol. The van der Waals surface area contributed by atoms with Crippen molar-refractivity contribution < 1.29 is 24.2 Å². The molecule has 1 aromatic carbocycles. The summed E-state index contributed by atoms with van der Waals surface area (Å²) in [7, 11) is 0. The molecule has 3 amide bonds. The second kappa shape index (κ2) is 14.5. The Morgan fingerprint density at radius 2 is 1.91 bits per heavy atom. The molecule has 0 saturated heterocycles. The lowest BCUT2D eigenvalue weighted by molar-refractivity contribution is -0.142. The molecule has 0 saturated carbocycles. The molecular formula is C25H38N4O5S. The number of aromatic hydroxyl groups is 1. The number of alkyl carbamates (subject to hydrolysis) is 1. The number of nitrogens with one attached hydrogen (secondary N) is 2. The number of phenols is 1. The van der Waals surface area contributed by atoms with Crippen LogP contribution in [0.15, 0.2) is 24.3 Å². The number of ether oxygens (including phenoxy) is 1. The fraction of sp³-hybridized carbons (Fsp3) is 0.600. The van der Waals surface area contributed by atoms with Crippen LogP contribution in [0.5, 0.6) is 5.75 Å². The van der Waals surface area contributed by atoms with E-state index in [0.29, 0.717) is 11.3 Å². The van der Waals surface area contributed by atoms with Gasteiger partial charge in [-0.3, -0.25) is 9.59 Å². The summed E-state index contributed by atoms with van der Waals surface area (Å²) in [4.78, 5) is 40.7. The molecular weight excluding hydrogens is 468 g/mol. The molecule has 1 rings (SSSR count). The number of hydrogen-bond donors (Lipinski definition) is 3. The number of hydrogen-bond acceptors (Lipinski definition) is 7. The minimum absolute atomic E-state index is 0.0722. The van der Waals surface area contributed by atoms with Gasteiger partial charge < -0.3 is 25.4 Å². The van der Waals surface area contributed by atoms with Gasteiger partial charge in [-0.2, -0.15) is 17.0 Å². The van der Waals surface area contributed by atoms with E-state index in [2.05, 4.69) is 10.6 Å². The molecule has 10 heteroatoms. The predicted molar refractivity (Wildman–Crippen MR) is 137 cm³/mol. The Morgan fingerprint density at radius 3 is 2.46 bits per heavy atom. The quantitative estimate of drug-likeness (QED) is 0.368. The lowest BCUT2D eigenvalue weighted by atomic mass is 10.0. The van der Waals surface area contributed by atoms with Gasteiger partial charge in [-0.15, -0.1) is 0 Å². The monoisotopic (exact) mass is 506 g/mol. The first-order chi connectivity index (χ1) is 16.4. The third-order valence-corrected chi connectivity index (χ3v) is 5.62. The van der Waals surface area contributed by atoms with Crippen molar-refractivity contribution >= 4 is 29.7 Å². The molecule has 0 radical (unpaired) electrons. The van der Waals surface area contributed by atoms with Gasteiger partial charge in [-0.1, -0.05) is 25.5 Å². The third kappa shape index (κ3) is 10.5. The number of carbonyl (C=O) groups is 3. The van der Waals surface area contributed by atoms with E-state index >= 15 is 0 Å². The number of thioether (sulfide) groups is 1. The zero-order valence-corrected chi connectivity index (χ0v) is 22.3. The van der Waals surface area contributed by atoms with Crippen LogP contribution in [0.4, 0.5) is 4.79 Å². The molecule has 3 atom stereocenters. The molecule has 0 aliphatic rings. The molecule has 0 aromatic heterocycles. The van der Waals surface area contributed by atoms with Gasteiger partial charge in [0.2, 0.25) is 11.8 Å². The molecule has 0 aliphatic heterocycles. The second-order valence-corrected chi connectivity index (χ2v) is 10.3. The number of nitriles is 1. The summed E-state index contributed by atoms with van der Waals surface area (Å²) in [6.07, 6.45) is 2.99. The van der Waals surface area contributed by atoms with Crippen LogP contribution in [0.1, 0.15) is 65.5 Å². The van der Waals surface area contributed by atoms with E-state index in [-0.39, 0.29) is 24.8 Å². The number of phenolic OH excluding ortho intramolecular Hbond substituents is 1. The summed E-state index contributed by atoms with van der Waals surface area (Å²) in [5, 5.41) is 25.1. The van der Waals surface area contributed by atoms with Crippen molar-refractivity contribution in [3.05, 3.63) is 29.8 Å². The molecule has 0 aliphatic carbocycles. The number of rotatable bonds is 12. The Labute approximate surface area is 212 Å². The van der Waals surface area contributed by atoms with E-state index < -0.39 is 35.6 Å². The highest BCUT2D eigenvalue weighted by atomic mass is 32.2. The summed E-state index contributed by atoms with van der Waals surface area (Å²) < 4.78 is 5.32. The van der Waals surface area contributed by atoms with Crippen LogP contribution in [0.2, 0.25) is 0 Å². The first-order valence-electron chi connectivity index (χ1n) is 11.7. The number of nitrogens with zero attached hydrogens (tertiary/aromatic N) is 2. The zero-order chi connectivity index (χ0) is 26.6. The van der Waals surface area contributed by atoms with Gasteiger partial charge in [0.05, 0.1) is 6.07 Å². The van der Waals surface area contributed by atoms with Crippen molar-refractivity contribution in [1.82, 2.24) is 15.5 Å². The van der Waals surface area contributed by atoms with Crippen LogP contribution in [-0.2, 0) is 14.3 Å². The highest BCUT2D eigenvalue weighted by molar-refractivity contribution is 7.98. The Hall–Kier alpha value is -2.93. The van der Waals surface area contributed by atoms with Gasteiger partial charge >= 0.3 is 6.09 Å². The Morgan fingerprint density at radius 1 is 1.23 bits per heavy atom. The standard InChI is InChI=1S/C25H38N4O5S/c1-7-9-17(2)27-22(31)21(18-10-8-11-19(30)16-18)29(14-13-26)23(32)20(12-15-35-6)28-24(33)34-25(3,4)5/h8,10-11,16-17,20-21,30H,7,9,12,14-15H2,1-6H3,(H,27,31)(H,28,33). The second-order valence-electron chi connectivity index (χ2n) is 9.30. The Kier molecular flexibility index (Phi) is 12.4. The van der Waals surface area contributed by atoms with Gasteiger partial charge in [-0.05, 0) is 70.2 Å². The van der Waals surface area contributed by atoms with E-state index in [0.717, 1.165) is 17.7 Å². The van der Waals surface area contributed by atoms with Gasteiger partial charge in [0.25, 0.3) is 0 Å². The fourth-order valence-electron chi connectivity index (χ4n) is 3.51. The molecule has 0 fully saturated rings. The van der Waals surface area contributed by atoms with Crippen molar-refractivity contribution in [2.75, 3.05) is 18.6 Å². The van der Waals surface area contributed by atoms with E-state index in [4.69, 9.17) is 4.74 Å². The lowest BCUT2D eigenvalue weighted by Crippen LogP contribution is -2.53. The number of benzene rings is 1. The minimum Gasteiger partial charge on any atom is -0.508 e. The summed E-state index contributed by atoms with van der Waals surface area (Å²) in [5.74, 6) is -0.570. The van der Waals surface area contributed by atoms with Crippen LogP contribution < -0.4 is 10.6 Å². The lowest BCUT2D eigenvalue weighted by Gasteiger charge is -2.33. The fourth-order valence-corrected chi connectivity index (χ4v) is 3.98. The van der Waals surface area contributed by atoms with Crippen LogP contribution in [0.3, 0.4) is 0 Å². The van der Waals surface area contributed by atoms with Gasteiger partial charge in [-0.25, -0.2) is 4.79 Å². The summed E-state index contributed by atoms with van der Waals surface area (Å²) in [6, 6.07) is 5.66.